The number of carbonyl (C=O) groups is 1. The number of nitrogens with one attached hydrogen (secondary N) is 2. The summed E-state index contributed by atoms with van der Waals surface area (Å²) in [5.41, 5.74) is 0.0327. The van der Waals surface area contributed by atoms with Crippen molar-refractivity contribution >= 4 is 26.9 Å². The van der Waals surface area contributed by atoms with Crippen molar-refractivity contribution in [2.75, 3.05) is 33.1 Å². The lowest BCUT2D eigenvalue weighted by Gasteiger charge is -2.30. The first-order chi connectivity index (χ1) is 14.2. The Kier molecular flexibility index (Phi) is 6.84. The third-order valence-corrected chi connectivity index (χ3v) is 5.88. The molecule has 3 rings (SSSR count). The van der Waals surface area contributed by atoms with Crippen LogP contribution in [0.3, 0.4) is 0 Å². The quantitative estimate of drug-likeness (QED) is 0.596. The van der Waals surface area contributed by atoms with Crippen molar-refractivity contribution in [3.63, 3.8) is 0 Å². The maximum Gasteiger partial charge on any atom is 0.344 e. The van der Waals surface area contributed by atoms with E-state index >= 15 is 0 Å². The zero-order valence-electron chi connectivity index (χ0n) is 16.8. The van der Waals surface area contributed by atoms with Crippen molar-refractivity contribution in [2.45, 2.75) is 25.3 Å². The minimum atomic E-state index is -3.23. The van der Waals surface area contributed by atoms with E-state index in [0.717, 1.165) is 31.4 Å². The molecule has 1 aromatic heterocycles. The molecule has 0 radical (unpaired) electrons. The number of sulfonamides is 1. The number of methoxy groups -OCH3 is 1. The molecule has 2 unspecified atom stereocenters. The Morgan fingerprint density at radius 1 is 1.43 bits per heavy atom. The van der Waals surface area contributed by atoms with Crippen LogP contribution >= 0.6 is 0 Å². The van der Waals surface area contributed by atoms with E-state index in [1.807, 2.05) is 0 Å². The van der Waals surface area contributed by atoms with Crippen LogP contribution in [0, 0.1) is 16.9 Å². The molecule has 11 heteroatoms. The zero-order valence-corrected chi connectivity index (χ0v) is 17.6. The minimum absolute atomic E-state index is 0.0850. The van der Waals surface area contributed by atoms with Gasteiger partial charge in [-0.3, -0.25) is 0 Å². The molecule has 0 spiro atoms. The molecule has 1 aromatic carbocycles. The Hall–Kier alpha value is -2.37. The number of rotatable bonds is 8. The second-order valence-corrected chi connectivity index (χ2v) is 9.27. The molecular formula is C19H25FN3O6S-. The Morgan fingerprint density at radius 2 is 2.20 bits per heavy atom. The topological polar surface area (TPSA) is 122 Å². The molecule has 1 aliphatic rings. The van der Waals surface area contributed by atoms with Gasteiger partial charge in [0.15, 0.2) is 0 Å². The van der Waals surface area contributed by atoms with Crippen molar-refractivity contribution in [3.8, 4) is 5.88 Å². The van der Waals surface area contributed by atoms with Gasteiger partial charge in [0.05, 0.1) is 20.0 Å². The van der Waals surface area contributed by atoms with E-state index in [2.05, 4.69) is 10.0 Å². The van der Waals surface area contributed by atoms with Gasteiger partial charge in [0.2, 0.25) is 15.9 Å². The number of esters is 1. The number of nitrogens with zero attached hydrogens (tertiary/aromatic N) is 1. The summed E-state index contributed by atoms with van der Waals surface area (Å²) < 4.78 is 49.4. The molecule has 9 nitrogen and oxygen atoms in total. The molecule has 1 saturated heterocycles. The second-order valence-electron chi connectivity index (χ2n) is 7.44. The highest BCUT2D eigenvalue weighted by Gasteiger charge is 2.26. The van der Waals surface area contributed by atoms with E-state index < -0.39 is 21.8 Å². The van der Waals surface area contributed by atoms with Crippen LogP contribution < -0.4 is 14.8 Å². The number of piperidine rings is 1. The Balaban J connectivity index is 1.64. The molecule has 1 aliphatic heterocycles. The van der Waals surface area contributed by atoms with Crippen LogP contribution in [0.5, 0.6) is 5.88 Å². The number of ether oxygens (including phenoxy) is 2. The highest BCUT2D eigenvalue weighted by molar-refractivity contribution is 7.88. The van der Waals surface area contributed by atoms with E-state index in [0.29, 0.717) is 24.1 Å². The van der Waals surface area contributed by atoms with Gasteiger partial charge in [0, 0.05) is 23.5 Å². The van der Waals surface area contributed by atoms with Crippen LogP contribution in [0.4, 0.5) is 4.39 Å². The lowest BCUT2D eigenvalue weighted by Crippen LogP contribution is -2.41. The number of benzene rings is 1. The molecule has 0 aliphatic carbocycles. The van der Waals surface area contributed by atoms with Crippen LogP contribution in [-0.4, -0.2) is 58.2 Å². The van der Waals surface area contributed by atoms with Gasteiger partial charge in [-0.25, -0.2) is 22.3 Å². The number of carbonyl (C=O) groups excluding carboxylic acids is 1. The summed E-state index contributed by atoms with van der Waals surface area (Å²) in [6.07, 6.45) is 3.24. The number of hydrogen-bond acceptors (Lipinski definition) is 7. The van der Waals surface area contributed by atoms with Crippen LogP contribution in [0.15, 0.2) is 18.2 Å². The summed E-state index contributed by atoms with van der Waals surface area (Å²) in [6.45, 7) is 1.19. The van der Waals surface area contributed by atoms with Crippen LogP contribution in [0.2, 0.25) is 0 Å². The van der Waals surface area contributed by atoms with E-state index in [-0.39, 0.29) is 40.9 Å². The molecule has 2 atom stereocenters. The molecule has 0 saturated carbocycles. The Morgan fingerprint density at radius 3 is 2.90 bits per heavy atom. The molecule has 0 bridgehead atoms. The monoisotopic (exact) mass is 442 g/mol. The summed E-state index contributed by atoms with van der Waals surface area (Å²) in [5, 5.41) is 15.8. The predicted octanol–water partition coefficient (Wildman–Crippen LogP) is 1.60. The average Bonchev–Trinajstić information content (AvgIpc) is 2.96. The number of fused-ring (bicyclic) bond motifs is 1. The summed E-state index contributed by atoms with van der Waals surface area (Å²) in [5.74, 6) is -1.46. The molecule has 2 aromatic rings. The summed E-state index contributed by atoms with van der Waals surface area (Å²) in [4.78, 5) is 12.7. The first kappa shape index (κ1) is 22.3. The predicted molar refractivity (Wildman–Crippen MR) is 109 cm³/mol. The molecule has 2 heterocycles. The lowest BCUT2D eigenvalue weighted by molar-refractivity contribution is 0.0397. The maximum absolute atomic E-state index is 13.7. The largest absolute Gasteiger partial charge is 0.803 e. The van der Waals surface area contributed by atoms with Crippen molar-refractivity contribution in [1.82, 2.24) is 14.8 Å². The first-order valence-corrected chi connectivity index (χ1v) is 11.5. The lowest BCUT2D eigenvalue weighted by atomic mass is 9.91. The Labute approximate surface area is 174 Å². The average molecular weight is 442 g/mol. The fourth-order valence-electron chi connectivity index (χ4n) is 3.74. The summed E-state index contributed by atoms with van der Waals surface area (Å²) >= 11 is 0. The van der Waals surface area contributed by atoms with Gasteiger partial charge < -0.3 is 24.7 Å². The minimum Gasteiger partial charge on any atom is -0.803 e. The maximum atomic E-state index is 13.7. The highest BCUT2D eigenvalue weighted by Crippen LogP contribution is 2.33. The van der Waals surface area contributed by atoms with Gasteiger partial charge in [-0.05, 0) is 49.9 Å². The fourth-order valence-corrected chi connectivity index (χ4v) is 4.23. The highest BCUT2D eigenvalue weighted by atomic mass is 32.2. The van der Waals surface area contributed by atoms with Gasteiger partial charge in [-0.1, -0.05) is 0 Å². The number of aromatic nitrogens is 1. The zero-order chi connectivity index (χ0) is 21.9. The van der Waals surface area contributed by atoms with E-state index in [9.17, 15) is 22.8 Å². The molecule has 2 N–H and O–H groups in total. The van der Waals surface area contributed by atoms with E-state index in [4.69, 9.17) is 9.47 Å². The third-order valence-electron chi connectivity index (χ3n) is 5.15. The first-order valence-electron chi connectivity index (χ1n) is 9.60. The Bertz CT molecular complexity index is 1020. The van der Waals surface area contributed by atoms with E-state index in [1.165, 1.54) is 13.2 Å². The summed E-state index contributed by atoms with van der Waals surface area (Å²) in [6, 6.07) is 3.64. The van der Waals surface area contributed by atoms with Crippen molar-refractivity contribution < 1.29 is 27.1 Å². The van der Waals surface area contributed by atoms with Crippen molar-refractivity contribution in [2.24, 2.45) is 5.92 Å². The number of hydrogen-bond donors (Lipinski definition) is 2. The smallest absolute Gasteiger partial charge is 0.344 e. The van der Waals surface area contributed by atoms with Crippen LogP contribution in [-0.2, 0) is 14.8 Å². The summed E-state index contributed by atoms with van der Waals surface area (Å²) in [7, 11) is -1.97. The third kappa shape index (κ3) is 5.21. The van der Waals surface area contributed by atoms with Gasteiger partial charge >= 0.3 is 5.97 Å². The fraction of sp³-hybridized carbons (Fsp3) is 0.526. The van der Waals surface area contributed by atoms with Gasteiger partial charge in [0.1, 0.15) is 11.4 Å². The van der Waals surface area contributed by atoms with Crippen molar-refractivity contribution in [3.05, 3.63) is 34.8 Å². The van der Waals surface area contributed by atoms with Gasteiger partial charge in [0.25, 0.3) is 0 Å². The standard InChI is InChI=1S/C19H25FN3O6S/c1-28-18-17(15-10-13(20)3-4-16(15)23(18)25)19(24)29-11-12-5-7-21-14(9-12)6-8-22-30(2,26)27/h3-4,10,12,14,21-22H,5-9,11H2,1-2H3/q-1. The molecule has 166 valence electrons. The normalized spacial score (nSPS) is 19.7. The second kappa shape index (κ2) is 9.19. The number of halogens is 1. The SMILES string of the molecule is COc1c(C(=O)OCC2CCNC(CCNS(C)(=O)=O)C2)c2cc(F)ccc2n1[O-]. The van der Waals surface area contributed by atoms with Gasteiger partial charge in [-0.15, -0.1) is 0 Å². The van der Waals surface area contributed by atoms with Crippen molar-refractivity contribution in [1.29, 1.82) is 0 Å². The molecule has 30 heavy (non-hydrogen) atoms. The van der Waals surface area contributed by atoms with E-state index in [1.54, 1.807) is 0 Å². The molecule has 0 amide bonds. The molecule has 1 fully saturated rings. The van der Waals surface area contributed by atoms with Crippen LogP contribution in [0.1, 0.15) is 29.6 Å². The molecular weight excluding hydrogens is 417 g/mol. The van der Waals surface area contributed by atoms with Gasteiger partial charge in [-0.2, -0.15) is 0 Å². The van der Waals surface area contributed by atoms with Crippen LogP contribution in [0.25, 0.3) is 10.9 Å².